The minimum absolute atomic E-state index is 0. The Bertz CT molecular complexity index is 4050. The number of aryl methyl sites for hydroxylation is 7. The molecule has 556 valence electrons. The van der Waals surface area contributed by atoms with Crippen molar-refractivity contribution in [3.63, 3.8) is 0 Å². The van der Waals surface area contributed by atoms with Gasteiger partial charge in [0.2, 0.25) is 0 Å². The summed E-state index contributed by atoms with van der Waals surface area (Å²) in [5, 5.41) is 49.5. The van der Waals surface area contributed by atoms with E-state index in [1.807, 2.05) is 133 Å². The Balaban J connectivity index is -0.000000164. The summed E-state index contributed by atoms with van der Waals surface area (Å²) >= 11 is 41.1. The summed E-state index contributed by atoms with van der Waals surface area (Å²) in [4.78, 5) is 75.9. The molecule has 28 nitrogen and oxygen atoms in total. The second-order valence-corrected chi connectivity index (χ2v) is 27.8. The minimum Gasteiger partial charge on any atom is -1.00 e. The monoisotopic (exact) mass is 2240 g/mol. The van der Waals surface area contributed by atoms with Gasteiger partial charge in [0.25, 0.3) is 12.4 Å². The number of alkyl halides is 1. The fraction of sp³-hybridized carbons (Fsp3) is 0.339. The molecular formula is C59H75Br11Cl2K2MgN18O10. The first-order valence-corrected chi connectivity index (χ1v) is 36.9. The van der Waals surface area contributed by atoms with Gasteiger partial charge in [-0.1, -0.05) is 6.58 Å². The van der Waals surface area contributed by atoms with Gasteiger partial charge in [-0.15, -0.1) is 11.6 Å². The van der Waals surface area contributed by atoms with Crippen molar-refractivity contribution in [3.8, 4) is 0 Å². The van der Waals surface area contributed by atoms with E-state index in [1.165, 1.54) is 32.4 Å². The van der Waals surface area contributed by atoms with E-state index >= 15 is 0 Å². The summed E-state index contributed by atoms with van der Waals surface area (Å²) < 4.78 is 21.9. The number of carbonyl (C=O) groups excluding carboxylic acids is 5. The summed E-state index contributed by atoms with van der Waals surface area (Å²) in [6.45, 7) is 33.0. The molecule has 10 aromatic heterocycles. The summed E-state index contributed by atoms with van der Waals surface area (Å²) in [5.41, 5.74) is 10.6. The molecule has 10 rings (SSSR count). The number of ether oxygens (including phenoxy) is 1. The predicted octanol–water partition coefficient (Wildman–Crippen LogP) is 7.73. The van der Waals surface area contributed by atoms with Gasteiger partial charge in [0.15, 0.2) is 17.3 Å². The summed E-state index contributed by atoms with van der Waals surface area (Å²) in [6, 6.07) is 5.84. The Morgan fingerprint density at radius 1 is 0.650 bits per heavy atom. The van der Waals surface area contributed by atoms with Crippen LogP contribution < -0.4 is 127 Å². The van der Waals surface area contributed by atoms with E-state index in [-0.39, 0.29) is 194 Å². The van der Waals surface area contributed by atoms with E-state index in [9.17, 15) is 19.2 Å². The third kappa shape index (κ3) is 48.9. The number of hydrogen-bond acceptors (Lipinski definition) is 20. The number of halogens is 13. The number of allylic oxidation sites excluding steroid dienone is 1. The Morgan fingerprint density at radius 3 is 1.40 bits per heavy atom. The average Bonchev–Trinajstić information content (AvgIpc) is 1.66. The number of ketones is 4. The van der Waals surface area contributed by atoms with Crippen molar-refractivity contribution in [2.45, 2.75) is 124 Å². The van der Waals surface area contributed by atoms with Gasteiger partial charge >= 0.3 is 126 Å². The van der Waals surface area contributed by atoms with E-state index < -0.39 is 5.97 Å². The standard InChI is InChI=1S/C9H11N3.C8H7Br2N3.C8H8Br2N2O2.C8H8BrN3.C6H5Br3N2O.C5H10O.C3HBr3N2.C3H5ClO.C3H4N2.C3H7.C2H4O2.CH2O3.ClH.2K.Mg.H3N.H/c1-6-4-9-8(3)10-7(2)5-12(9)11-6;1-4-3-13-7(5(2)11-4)6(9)8(10)12-13;1-4(13)3-12-7(5(2)14)6(9)8(10)11-12;1-5-4-12-7(6(2)10-5)3-8(9)11-12;1-3(12)2-11-6(9)4(7)5(8)10-11;1-4-6-5(2)3;4-1-2(5)7-8-3(1)6;1-3(5)2-4;1-2-4-5-3-1;1-3-2;1-2(3)4;2-1-4-3;;;;;;/h4-5H,1-3H3;3H,1-2H3;3H2,1-2H3;3-4H,1-2H3;2H2,1H3;2,4H2,1,3H3;(H,7,8);2H2,1H3;1-3H,(H,4,5);3H,1-2H3;1H3,(H,3,4);1,3H;1H;;;;1H3;/q;;;;;;;;;-1;;;;2*+1;+2;;-1/p-2. The van der Waals surface area contributed by atoms with Gasteiger partial charge in [-0.2, -0.15) is 49.5 Å². The number of carboxylic acids is 1. The number of H-pyrrole nitrogens is 2. The summed E-state index contributed by atoms with van der Waals surface area (Å²) in [5.74, 6) is 0.00805. The first-order valence-electron chi connectivity index (χ1n) is 27.6. The Morgan fingerprint density at radius 2 is 1.07 bits per heavy atom. The van der Waals surface area contributed by atoms with Crippen molar-refractivity contribution in [2.75, 3.05) is 12.5 Å². The van der Waals surface area contributed by atoms with Gasteiger partial charge in [-0.3, -0.25) is 58.6 Å². The van der Waals surface area contributed by atoms with E-state index in [0.29, 0.717) is 19.4 Å². The number of Topliss-reactive ketones (excluding diaryl/α,β-unsaturated/α-hetero) is 4. The second-order valence-electron chi connectivity index (χ2n) is 19.0. The number of carbonyl (C=O) groups is 6. The van der Waals surface area contributed by atoms with Crippen LogP contribution in [0.1, 0.15) is 114 Å². The van der Waals surface area contributed by atoms with Gasteiger partial charge in [0, 0.05) is 32.3 Å². The molecule has 10 aromatic rings. The van der Waals surface area contributed by atoms with Gasteiger partial charge in [0.1, 0.15) is 62.3 Å². The molecule has 0 radical (unpaired) electrons. The third-order valence-corrected chi connectivity index (χ3v) is 20.4. The topological polar surface area (TPSA) is 383 Å². The number of fused-ring (bicyclic) bond motifs is 3. The molecule has 0 aromatic carbocycles. The van der Waals surface area contributed by atoms with E-state index in [1.54, 1.807) is 17.1 Å². The minimum atomic E-state index is -0.833. The van der Waals surface area contributed by atoms with E-state index in [0.717, 1.165) is 112 Å². The molecule has 10 heterocycles. The Hall–Kier alpha value is -0.321. The number of aromatic nitrogens is 17. The number of aliphatic carboxylic acids is 1. The van der Waals surface area contributed by atoms with Crippen LogP contribution in [0.2, 0.25) is 0 Å². The molecule has 6 N–H and O–H groups in total. The molecule has 0 saturated heterocycles. The van der Waals surface area contributed by atoms with Crippen LogP contribution in [0.25, 0.3) is 16.6 Å². The van der Waals surface area contributed by atoms with Crippen molar-refractivity contribution >= 4 is 262 Å². The molecule has 0 amide bonds. The zero-order valence-corrected chi connectivity index (χ0v) is 86.1. The van der Waals surface area contributed by atoms with Crippen molar-refractivity contribution in [3.05, 3.63) is 164 Å². The SMILES string of the molecule is Brc1n[nH]c(Br)c1Br.C=C(C)OCC.CC(=O)CCl.CC(=O)Cn1nc(Br)c(Br)c1Br.CC(=O)Cn1nc(Br)c(Br)c1C(C)=O.CC(=O)O.C[CH-]C.Cc1cn2nc(Br)c(Br)c2c(C)n1.Cc1cn2nc(Br)cc2c(C)n1.Cc1cn2nc(C)cc2c(C)n1.N.O=CO[O-].[Cl-].[H-].[K+].[K+].[Mg+2].c1cn[nH]c1. The van der Waals surface area contributed by atoms with Crippen molar-refractivity contribution in [2.24, 2.45) is 0 Å². The summed E-state index contributed by atoms with van der Waals surface area (Å²) in [7, 11) is 0. The summed E-state index contributed by atoms with van der Waals surface area (Å²) in [6.07, 6.45) is 11.2. The smallest absolute Gasteiger partial charge is 1.00 e. The largest absolute Gasteiger partial charge is 2.00 e. The molecule has 0 fully saturated rings. The van der Waals surface area contributed by atoms with Crippen LogP contribution >= 0.6 is 187 Å². The Labute approximate surface area is 804 Å². The number of hydrogen-bond donors (Lipinski definition) is 4. The first-order chi connectivity index (χ1) is 45.7. The number of nitrogens with one attached hydrogen (secondary N) is 2. The molecule has 0 aliphatic carbocycles. The fourth-order valence-corrected chi connectivity index (χ4v) is 11.1. The zero-order chi connectivity index (χ0) is 75.9. The number of aromatic amines is 2. The van der Waals surface area contributed by atoms with Crippen LogP contribution in [0.3, 0.4) is 0 Å². The van der Waals surface area contributed by atoms with E-state index in [2.05, 4.69) is 248 Å². The van der Waals surface area contributed by atoms with Gasteiger partial charge in [-0.25, -0.2) is 18.2 Å². The van der Waals surface area contributed by atoms with Gasteiger partial charge in [-0.05, 0) is 270 Å². The maximum atomic E-state index is 11.3. The van der Waals surface area contributed by atoms with Crippen molar-refractivity contribution in [1.29, 1.82) is 0 Å². The molecule has 0 saturated carbocycles. The number of carboxylic acid groups (broad SMARTS) is 1. The van der Waals surface area contributed by atoms with Gasteiger partial charge < -0.3 is 46.4 Å². The fourth-order valence-electron chi connectivity index (χ4n) is 6.53. The quantitative estimate of drug-likeness (QED) is 0.0157. The first kappa shape index (κ1) is 116. The van der Waals surface area contributed by atoms with Crippen LogP contribution in [-0.2, 0) is 46.7 Å². The van der Waals surface area contributed by atoms with Crippen LogP contribution in [-0.4, -0.2) is 160 Å². The predicted molar refractivity (Wildman–Crippen MR) is 426 cm³/mol. The number of rotatable bonds is 9. The van der Waals surface area contributed by atoms with Crippen molar-refractivity contribution in [1.82, 2.24) is 89.9 Å². The molecule has 0 aliphatic heterocycles. The van der Waals surface area contributed by atoms with E-state index in [4.69, 9.17) is 36.3 Å². The number of nitrogens with zero attached hydrogens (tertiary/aromatic N) is 15. The molecule has 0 bridgehead atoms. The van der Waals surface area contributed by atoms with Crippen LogP contribution in [0.15, 0.2) is 112 Å². The molecule has 0 aliphatic rings. The van der Waals surface area contributed by atoms with Gasteiger partial charge in [0.05, 0.1) is 106 Å². The van der Waals surface area contributed by atoms with Crippen molar-refractivity contribution < 1.29 is 165 Å². The second kappa shape index (κ2) is 64.2. The van der Waals surface area contributed by atoms with Crippen LogP contribution in [0.4, 0.5) is 0 Å². The molecule has 0 spiro atoms. The average molecular weight is 2250 g/mol. The Kier molecular flexibility index (Phi) is 72.3. The zero-order valence-electron chi connectivity index (χ0n) is 60.5. The molecule has 0 atom stereocenters. The van der Waals surface area contributed by atoms with Crippen LogP contribution in [0, 0.1) is 54.9 Å². The third-order valence-electron chi connectivity index (χ3n) is 9.80. The normalized spacial score (nSPS) is 9.14. The van der Waals surface area contributed by atoms with Crippen LogP contribution in [0.5, 0.6) is 0 Å². The molecule has 0 unspecified atom stereocenters. The maximum absolute atomic E-state index is 11.3. The molecule has 44 heteroatoms. The molecular weight excluding hydrogens is 2170 g/mol. The maximum Gasteiger partial charge on any atom is 2.00 e. The molecule has 103 heavy (non-hydrogen) atoms.